The molecule has 0 bridgehead atoms. The van der Waals surface area contributed by atoms with Gasteiger partial charge < -0.3 is 5.32 Å². The first kappa shape index (κ1) is 14.2. The van der Waals surface area contributed by atoms with Crippen molar-refractivity contribution >= 4 is 55.7 Å². The summed E-state index contributed by atoms with van der Waals surface area (Å²) in [6.45, 7) is -0.0530. The van der Waals surface area contributed by atoms with E-state index >= 15 is 0 Å². The van der Waals surface area contributed by atoms with Crippen molar-refractivity contribution in [3.8, 4) is 0 Å². The maximum atomic E-state index is 12.2. The first-order chi connectivity index (χ1) is 10.1. The van der Waals surface area contributed by atoms with Gasteiger partial charge >= 0.3 is 0 Å². The van der Waals surface area contributed by atoms with Crippen LogP contribution in [0.15, 0.2) is 46.8 Å². The van der Waals surface area contributed by atoms with E-state index in [1.165, 1.54) is 22.2 Å². The molecule has 2 heterocycles. The molecule has 0 aliphatic carbocycles. The molecule has 106 valence electrons. The molecule has 0 unspecified atom stereocenters. The van der Waals surface area contributed by atoms with E-state index < -0.39 is 0 Å². The molecule has 0 aliphatic rings. The average molecular weight is 411 g/mol. The fraction of sp³-hybridized carbons (Fsp3) is 0.0714. The number of halogens is 1. The number of para-hydroxylation sites is 1. The number of benzene rings is 1. The van der Waals surface area contributed by atoms with Crippen LogP contribution in [0.1, 0.15) is 0 Å². The Bertz CT molecular complexity index is 872. The van der Waals surface area contributed by atoms with Crippen LogP contribution in [0.5, 0.6) is 0 Å². The topological polar surface area (TPSA) is 64.0 Å². The monoisotopic (exact) mass is 411 g/mol. The summed E-state index contributed by atoms with van der Waals surface area (Å²) in [4.78, 5) is 29.1. The smallest absolute Gasteiger partial charge is 0.262 e. The second-order valence-corrected chi connectivity index (χ2v) is 6.40. The fourth-order valence-electron chi connectivity index (χ4n) is 1.91. The minimum atomic E-state index is -0.252. The van der Waals surface area contributed by atoms with Gasteiger partial charge in [-0.15, -0.1) is 11.3 Å². The number of aromatic nitrogens is 2. The molecule has 3 rings (SSSR count). The minimum Gasteiger partial charge on any atom is -0.324 e. The van der Waals surface area contributed by atoms with Crippen molar-refractivity contribution in [2.45, 2.75) is 6.54 Å². The molecule has 0 atom stereocenters. The lowest BCUT2D eigenvalue weighted by Gasteiger charge is -2.08. The van der Waals surface area contributed by atoms with Crippen LogP contribution in [0, 0.1) is 3.57 Å². The Kier molecular flexibility index (Phi) is 4.02. The van der Waals surface area contributed by atoms with Gasteiger partial charge in [0.2, 0.25) is 5.91 Å². The van der Waals surface area contributed by atoms with Crippen molar-refractivity contribution in [3.63, 3.8) is 0 Å². The number of rotatable bonds is 3. The third-order valence-electron chi connectivity index (χ3n) is 2.91. The lowest BCUT2D eigenvalue weighted by Crippen LogP contribution is -2.27. The maximum absolute atomic E-state index is 12.2. The normalized spacial score (nSPS) is 10.7. The molecule has 0 saturated heterocycles. The van der Waals surface area contributed by atoms with Gasteiger partial charge in [-0.25, -0.2) is 4.98 Å². The predicted octanol–water partition coefficient (Wildman–Crippen LogP) is 2.70. The Morgan fingerprint density at radius 3 is 2.95 bits per heavy atom. The van der Waals surface area contributed by atoms with Crippen LogP contribution in [-0.4, -0.2) is 15.5 Å². The molecular formula is C14H10IN3O2S. The predicted molar refractivity (Wildman–Crippen MR) is 91.7 cm³/mol. The molecule has 2 aromatic heterocycles. The molecule has 1 aromatic carbocycles. The van der Waals surface area contributed by atoms with E-state index in [0.717, 1.165) is 9.26 Å². The van der Waals surface area contributed by atoms with E-state index in [0.29, 0.717) is 10.2 Å². The summed E-state index contributed by atoms with van der Waals surface area (Å²) in [5, 5.41) is 5.16. The second kappa shape index (κ2) is 5.94. The Morgan fingerprint density at radius 1 is 1.33 bits per heavy atom. The van der Waals surface area contributed by atoms with Gasteiger partial charge in [0.1, 0.15) is 11.4 Å². The zero-order valence-electron chi connectivity index (χ0n) is 10.7. The van der Waals surface area contributed by atoms with Crippen molar-refractivity contribution in [2.24, 2.45) is 0 Å². The largest absolute Gasteiger partial charge is 0.324 e. The molecule has 0 saturated carbocycles. The number of hydrogen-bond acceptors (Lipinski definition) is 4. The quantitative estimate of drug-likeness (QED) is 0.675. The zero-order valence-corrected chi connectivity index (χ0v) is 13.7. The standard InChI is InChI=1S/C14H10IN3O2S/c15-10-3-1-2-4-11(10)17-12(19)7-18-8-16-13-9(14(18)20)5-6-21-13/h1-6,8H,7H2,(H,17,19). The highest BCUT2D eigenvalue weighted by Crippen LogP contribution is 2.17. The van der Waals surface area contributed by atoms with Gasteiger partial charge in [-0.3, -0.25) is 14.2 Å². The molecule has 0 radical (unpaired) electrons. The lowest BCUT2D eigenvalue weighted by atomic mass is 10.3. The number of fused-ring (bicyclic) bond motifs is 1. The number of anilines is 1. The molecule has 5 nitrogen and oxygen atoms in total. The number of hydrogen-bond donors (Lipinski definition) is 1. The molecule has 0 fully saturated rings. The highest BCUT2D eigenvalue weighted by atomic mass is 127. The number of carbonyl (C=O) groups is 1. The molecule has 3 aromatic rings. The van der Waals surface area contributed by atoms with Crippen molar-refractivity contribution in [1.29, 1.82) is 0 Å². The Labute approximate surface area is 137 Å². The number of thiophene rings is 1. The number of nitrogens with zero attached hydrogens (tertiary/aromatic N) is 2. The van der Waals surface area contributed by atoms with E-state index in [1.807, 2.05) is 29.6 Å². The van der Waals surface area contributed by atoms with Gasteiger partial charge in [-0.2, -0.15) is 0 Å². The molecule has 1 N–H and O–H groups in total. The SMILES string of the molecule is O=C(Cn1cnc2sccc2c1=O)Nc1ccccc1I. The molecule has 21 heavy (non-hydrogen) atoms. The summed E-state index contributed by atoms with van der Waals surface area (Å²) in [5.74, 6) is -0.252. The van der Waals surface area contributed by atoms with Gasteiger partial charge in [0.05, 0.1) is 17.4 Å². The summed E-state index contributed by atoms with van der Waals surface area (Å²) in [6, 6.07) is 9.20. The highest BCUT2D eigenvalue weighted by molar-refractivity contribution is 14.1. The van der Waals surface area contributed by atoms with Gasteiger partial charge in [0.15, 0.2) is 0 Å². The second-order valence-electron chi connectivity index (χ2n) is 4.35. The third-order valence-corrected chi connectivity index (χ3v) is 4.67. The lowest BCUT2D eigenvalue weighted by molar-refractivity contribution is -0.116. The summed E-state index contributed by atoms with van der Waals surface area (Å²) < 4.78 is 2.27. The van der Waals surface area contributed by atoms with Gasteiger partial charge in [0.25, 0.3) is 5.56 Å². The van der Waals surface area contributed by atoms with Gasteiger partial charge in [-0.1, -0.05) is 12.1 Å². The fourth-order valence-corrected chi connectivity index (χ4v) is 3.16. The summed E-state index contributed by atoms with van der Waals surface area (Å²) in [6.07, 6.45) is 1.41. The third kappa shape index (κ3) is 2.98. The molecule has 7 heteroatoms. The summed E-state index contributed by atoms with van der Waals surface area (Å²) >= 11 is 3.56. The van der Waals surface area contributed by atoms with E-state index in [4.69, 9.17) is 0 Å². The Hall–Kier alpha value is -1.74. The van der Waals surface area contributed by atoms with Crippen LogP contribution in [0.25, 0.3) is 10.2 Å². The molecule has 1 amide bonds. The van der Waals surface area contributed by atoms with Crippen LogP contribution in [0.4, 0.5) is 5.69 Å². The first-order valence-electron chi connectivity index (χ1n) is 6.12. The summed E-state index contributed by atoms with van der Waals surface area (Å²) in [7, 11) is 0. The Morgan fingerprint density at radius 2 is 2.14 bits per heavy atom. The Balaban J connectivity index is 1.82. The van der Waals surface area contributed by atoms with E-state index in [9.17, 15) is 9.59 Å². The van der Waals surface area contributed by atoms with Crippen molar-refractivity contribution in [1.82, 2.24) is 9.55 Å². The van der Waals surface area contributed by atoms with Crippen molar-refractivity contribution in [2.75, 3.05) is 5.32 Å². The van der Waals surface area contributed by atoms with Crippen LogP contribution >= 0.6 is 33.9 Å². The van der Waals surface area contributed by atoms with E-state index in [1.54, 1.807) is 6.07 Å². The van der Waals surface area contributed by atoms with Crippen LogP contribution < -0.4 is 10.9 Å². The first-order valence-corrected chi connectivity index (χ1v) is 8.08. The molecule has 0 spiro atoms. The average Bonchev–Trinajstić information content (AvgIpc) is 2.94. The minimum absolute atomic E-state index is 0.0530. The van der Waals surface area contributed by atoms with Crippen molar-refractivity contribution in [3.05, 3.63) is 56.0 Å². The van der Waals surface area contributed by atoms with Crippen LogP contribution in [-0.2, 0) is 11.3 Å². The highest BCUT2D eigenvalue weighted by Gasteiger charge is 2.10. The number of nitrogens with one attached hydrogen (secondary N) is 1. The van der Waals surface area contributed by atoms with E-state index in [-0.39, 0.29) is 18.0 Å². The van der Waals surface area contributed by atoms with Gasteiger partial charge in [-0.05, 0) is 46.2 Å². The molecule has 0 aliphatic heterocycles. The number of amides is 1. The van der Waals surface area contributed by atoms with E-state index in [2.05, 4.69) is 32.9 Å². The maximum Gasteiger partial charge on any atom is 0.262 e. The number of carbonyl (C=O) groups excluding carboxylic acids is 1. The van der Waals surface area contributed by atoms with Crippen molar-refractivity contribution < 1.29 is 4.79 Å². The molecular weight excluding hydrogens is 401 g/mol. The zero-order chi connectivity index (χ0) is 14.8. The summed E-state index contributed by atoms with van der Waals surface area (Å²) in [5.41, 5.74) is 0.542. The van der Waals surface area contributed by atoms with Crippen LogP contribution in [0.2, 0.25) is 0 Å². The van der Waals surface area contributed by atoms with Crippen LogP contribution in [0.3, 0.4) is 0 Å². The van der Waals surface area contributed by atoms with Gasteiger partial charge in [0, 0.05) is 3.57 Å².